The highest BCUT2D eigenvalue weighted by Crippen LogP contribution is 2.32. The maximum absolute atomic E-state index is 12.2. The number of aliphatic imine (C=N–C) groups is 1. The summed E-state index contributed by atoms with van der Waals surface area (Å²) >= 11 is 1.47. The average Bonchev–Trinajstić information content (AvgIpc) is 3.27. The van der Waals surface area contributed by atoms with Crippen LogP contribution in [-0.4, -0.2) is 29.1 Å². The van der Waals surface area contributed by atoms with Crippen LogP contribution in [0, 0.1) is 0 Å². The first-order valence-electron chi connectivity index (χ1n) is 8.38. The fourth-order valence-electron chi connectivity index (χ4n) is 2.89. The van der Waals surface area contributed by atoms with Crippen molar-refractivity contribution in [3.63, 3.8) is 0 Å². The van der Waals surface area contributed by atoms with Crippen LogP contribution in [0.2, 0.25) is 0 Å². The molecule has 0 radical (unpaired) electrons. The fraction of sp³-hybridized carbons (Fsp3) is 0.200. The lowest BCUT2D eigenvalue weighted by molar-refractivity contribution is -0.113. The molecule has 0 atom stereocenters. The van der Waals surface area contributed by atoms with Gasteiger partial charge >= 0.3 is 0 Å². The van der Waals surface area contributed by atoms with Gasteiger partial charge in [0.2, 0.25) is 0 Å². The van der Waals surface area contributed by atoms with Gasteiger partial charge in [-0.3, -0.25) is 4.79 Å². The molecule has 0 aliphatic carbocycles. The Labute approximate surface area is 151 Å². The van der Waals surface area contributed by atoms with Gasteiger partial charge in [0.05, 0.1) is 4.91 Å². The summed E-state index contributed by atoms with van der Waals surface area (Å²) in [6, 6.07) is 17.4. The monoisotopic (exact) mass is 350 g/mol. The number of carbonyl (C=O) groups excluding carboxylic acids is 1. The standard InChI is InChI=1S/C20H18N2O2S/c23-19-18(25-20(21-19)22-11-4-5-12-22)14-15-7-6-10-17(13-15)24-16-8-2-1-3-9-16/h1-3,6-10,13-14H,4-5,11-12H2/b18-14+. The first-order valence-corrected chi connectivity index (χ1v) is 9.20. The van der Waals surface area contributed by atoms with Gasteiger partial charge in [-0.25, -0.2) is 0 Å². The Hall–Kier alpha value is -2.53. The minimum Gasteiger partial charge on any atom is -0.457 e. The number of likely N-dealkylation sites (tertiary alicyclic amines) is 1. The Kier molecular flexibility index (Phi) is 4.57. The molecule has 4 nitrogen and oxygen atoms in total. The van der Waals surface area contributed by atoms with Gasteiger partial charge in [0.1, 0.15) is 11.5 Å². The summed E-state index contributed by atoms with van der Waals surface area (Å²) in [5.41, 5.74) is 0.933. The molecule has 0 bridgehead atoms. The molecular formula is C20H18N2O2S. The Bertz CT molecular complexity index is 840. The molecule has 1 amide bonds. The minimum absolute atomic E-state index is 0.152. The summed E-state index contributed by atoms with van der Waals surface area (Å²) in [5.74, 6) is 1.39. The second-order valence-electron chi connectivity index (χ2n) is 5.99. The van der Waals surface area contributed by atoms with E-state index in [9.17, 15) is 4.79 Å². The quantitative estimate of drug-likeness (QED) is 0.762. The van der Waals surface area contributed by atoms with Crippen LogP contribution >= 0.6 is 11.8 Å². The van der Waals surface area contributed by atoms with Crippen LogP contribution in [0.15, 0.2) is 64.5 Å². The van der Waals surface area contributed by atoms with Crippen molar-refractivity contribution >= 4 is 28.9 Å². The highest BCUT2D eigenvalue weighted by Gasteiger charge is 2.27. The maximum Gasteiger partial charge on any atom is 0.286 e. The first kappa shape index (κ1) is 16.0. The number of rotatable bonds is 3. The molecule has 5 heteroatoms. The fourth-order valence-corrected chi connectivity index (χ4v) is 3.85. The molecule has 2 heterocycles. The molecule has 2 aromatic rings. The number of benzene rings is 2. The van der Waals surface area contributed by atoms with Gasteiger partial charge in [-0.15, -0.1) is 0 Å². The molecule has 4 rings (SSSR count). The molecule has 126 valence electrons. The molecule has 0 aromatic heterocycles. The molecule has 0 N–H and O–H groups in total. The molecule has 2 aromatic carbocycles. The molecular weight excluding hydrogens is 332 g/mol. The number of hydrogen-bond acceptors (Lipinski definition) is 4. The van der Waals surface area contributed by atoms with E-state index in [0.29, 0.717) is 4.91 Å². The van der Waals surface area contributed by atoms with Gasteiger partial charge in [0.25, 0.3) is 5.91 Å². The number of para-hydroxylation sites is 1. The number of amides is 1. The summed E-state index contributed by atoms with van der Waals surface area (Å²) in [6.45, 7) is 1.99. The summed E-state index contributed by atoms with van der Waals surface area (Å²) in [6.07, 6.45) is 4.23. The van der Waals surface area contributed by atoms with E-state index in [0.717, 1.165) is 35.3 Å². The van der Waals surface area contributed by atoms with Crippen molar-refractivity contribution in [3.8, 4) is 11.5 Å². The van der Waals surface area contributed by atoms with E-state index in [1.165, 1.54) is 24.6 Å². The number of thioether (sulfide) groups is 1. The number of nitrogens with zero attached hydrogens (tertiary/aromatic N) is 2. The molecule has 1 fully saturated rings. The number of amidine groups is 1. The molecule has 0 spiro atoms. The van der Waals surface area contributed by atoms with Gasteiger partial charge in [-0.1, -0.05) is 30.3 Å². The number of ether oxygens (including phenoxy) is 1. The van der Waals surface area contributed by atoms with E-state index >= 15 is 0 Å². The lowest BCUT2D eigenvalue weighted by Gasteiger charge is -2.14. The first-order chi connectivity index (χ1) is 12.3. The van der Waals surface area contributed by atoms with Gasteiger partial charge in [-0.05, 0) is 60.5 Å². The Morgan fingerprint density at radius 3 is 2.56 bits per heavy atom. The zero-order chi connectivity index (χ0) is 17.1. The second kappa shape index (κ2) is 7.15. The molecule has 0 unspecified atom stereocenters. The van der Waals surface area contributed by atoms with Crippen LogP contribution in [0.25, 0.3) is 6.08 Å². The zero-order valence-corrected chi connectivity index (χ0v) is 14.5. The summed E-state index contributed by atoms with van der Waals surface area (Å²) in [7, 11) is 0. The van der Waals surface area contributed by atoms with E-state index in [4.69, 9.17) is 4.74 Å². The van der Waals surface area contributed by atoms with Crippen molar-refractivity contribution in [2.24, 2.45) is 4.99 Å². The van der Waals surface area contributed by atoms with Crippen molar-refractivity contribution < 1.29 is 9.53 Å². The lowest BCUT2D eigenvalue weighted by atomic mass is 10.2. The summed E-state index contributed by atoms with van der Waals surface area (Å²) in [4.78, 5) is 19.3. The van der Waals surface area contributed by atoms with Gasteiger partial charge in [-0.2, -0.15) is 4.99 Å². The summed E-state index contributed by atoms with van der Waals surface area (Å²) in [5, 5.41) is 0.838. The van der Waals surface area contributed by atoms with E-state index in [1.54, 1.807) is 0 Å². The normalized spacial score (nSPS) is 18.7. The topological polar surface area (TPSA) is 41.9 Å². The molecule has 25 heavy (non-hydrogen) atoms. The van der Waals surface area contributed by atoms with Crippen LogP contribution in [0.1, 0.15) is 18.4 Å². The van der Waals surface area contributed by atoms with Gasteiger partial charge < -0.3 is 9.64 Å². The van der Waals surface area contributed by atoms with Crippen LogP contribution in [0.4, 0.5) is 0 Å². The Morgan fingerprint density at radius 1 is 1.00 bits per heavy atom. The van der Waals surface area contributed by atoms with E-state index in [2.05, 4.69) is 9.89 Å². The molecule has 2 aliphatic heterocycles. The Morgan fingerprint density at radius 2 is 1.76 bits per heavy atom. The molecule has 1 saturated heterocycles. The van der Waals surface area contributed by atoms with Crippen molar-refractivity contribution in [1.29, 1.82) is 0 Å². The van der Waals surface area contributed by atoms with Gasteiger partial charge in [0.15, 0.2) is 5.17 Å². The highest BCUT2D eigenvalue weighted by molar-refractivity contribution is 8.18. The van der Waals surface area contributed by atoms with Crippen molar-refractivity contribution in [2.45, 2.75) is 12.8 Å². The van der Waals surface area contributed by atoms with E-state index in [1.807, 2.05) is 60.7 Å². The molecule has 2 aliphatic rings. The SMILES string of the molecule is O=C1N=C(N2CCCC2)S/C1=C/c1cccc(Oc2ccccc2)c1. The number of hydrogen-bond donors (Lipinski definition) is 0. The average molecular weight is 350 g/mol. The number of carbonyl (C=O) groups is 1. The van der Waals surface area contributed by atoms with Crippen LogP contribution in [0.5, 0.6) is 11.5 Å². The van der Waals surface area contributed by atoms with Crippen molar-refractivity contribution in [1.82, 2.24) is 4.90 Å². The highest BCUT2D eigenvalue weighted by atomic mass is 32.2. The van der Waals surface area contributed by atoms with Crippen LogP contribution < -0.4 is 4.74 Å². The zero-order valence-electron chi connectivity index (χ0n) is 13.7. The minimum atomic E-state index is -0.152. The largest absolute Gasteiger partial charge is 0.457 e. The van der Waals surface area contributed by atoms with Crippen molar-refractivity contribution in [2.75, 3.05) is 13.1 Å². The Balaban J connectivity index is 1.50. The smallest absolute Gasteiger partial charge is 0.286 e. The predicted molar refractivity (Wildman–Crippen MR) is 102 cm³/mol. The van der Waals surface area contributed by atoms with Crippen LogP contribution in [-0.2, 0) is 4.79 Å². The van der Waals surface area contributed by atoms with E-state index in [-0.39, 0.29) is 5.91 Å². The lowest BCUT2D eigenvalue weighted by Crippen LogP contribution is -2.23. The summed E-state index contributed by atoms with van der Waals surface area (Å²) < 4.78 is 5.85. The van der Waals surface area contributed by atoms with Gasteiger partial charge in [0, 0.05) is 13.1 Å². The third-order valence-electron chi connectivity index (χ3n) is 4.12. The third kappa shape index (κ3) is 3.77. The maximum atomic E-state index is 12.2. The van der Waals surface area contributed by atoms with Crippen molar-refractivity contribution in [3.05, 3.63) is 65.1 Å². The third-order valence-corrected chi connectivity index (χ3v) is 5.17. The van der Waals surface area contributed by atoms with E-state index < -0.39 is 0 Å². The van der Waals surface area contributed by atoms with Crippen LogP contribution in [0.3, 0.4) is 0 Å². The predicted octanol–water partition coefficient (Wildman–Crippen LogP) is 4.55. The second-order valence-corrected chi connectivity index (χ2v) is 7.00. The molecule has 0 saturated carbocycles.